The van der Waals surface area contributed by atoms with Gasteiger partial charge in [0.2, 0.25) is 11.8 Å². The fraction of sp³-hybridized carbons (Fsp3) is 0.462. The minimum atomic E-state index is -0.605. The van der Waals surface area contributed by atoms with E-state index in [1.807, 2.05) is 24.3 Å². The van der Waals surface area contributed by atoms with E-state index in [9.17, 15) is 19.2 Å². The Labute approximate surface area is 209 Å². The molecule has 1 atom stereocenters. The first kappa shape index (κ1) is 25.3. The van der Waals surface area contributed by atoms with Crippen LogP contribution in [0.1, 0.15) is 28.0 Å². The van der Waals surface area contributed by atoms with Gasteiger partial charge in [0.1, 0.15) is 17.1 Å². The number of nitrogens with zero attached hydrogens (tertiary/aromatic N) is 3. The highest BCUT2D eigenvalue weighted by atomic mass is 16.5. The van der Waals surface area contributed by atoms with E-state index in [4.69, 9.17) is 14.2 Å². The predicted molar refractivity (Wildman–Crippen MR) is 130 cm³/mol. The smallest absolute Gasteiger partial charge is 0.343 e. The van der Waals surface area contributed by atoms with Gasteiger partial charge in [-0.2, -0.15) is 0 Å². The van der Waals surface area contributed by atoms with E-state index >= 15 is 0 Å². The quantitative estimate of drug-likeness (QED) is 0.528. The number of aromatic nitrogens is 1. The number of esters is 1. The molecule has 0 aliphatic carbocycles. The monoisotopic (exact) mass is 497 g/mol. The van der Waals surface area contributed by atoms with E-state index in [0.717, 1.165) is 11.3 Å². The second-order valence-electron chi connectivity index (χ2n) is 9.12. The summed E-state index contributed by atoms with van der Waals surface area (Å²) in [5, 5.41) is 0. The van der Waals surface area contributed by atoms with Gasteiger partial charge in [0.05, 0.1) is 27.2 Å². The first-order valence-electron chi connectivity index (χ1n) is 11.9. The number of fused-ring (bicyclic) bond motifs is 1. The molecular weight excluding hydrogens is 466 g/mol. The zero-order valence-corrected chi connectivity index (χ0v) is 20.8. The lowest BCUT2D eigenvalue weighted by Gasteiger charge is -2.20. The lowest BCUT2D eigenvalue weighted by atomic mass is 10.1. The van der Waals surface area contributed by atoms with Crippen molar-refractivity contribution in [2.45, 2.75) is 25.8 Å². The van der Waals surface area contributed by atoms with Crippen LogP contribution >= 0.6 is 0 Å². The van der Waals surface area contributed by atoms with Gasteiger partial charge in [0.25, 0.3) is 5.56 Å². The lowest BCUT2D eigenvalue weighted by Crippen LogP contribution is -2.35. The number of benzene rings is 1. The van der Waals surface area contributed by atoms with Gasteiger partial charge in [-0.1, -0.05) is 12.1 Å². The molecule has 10 nitrogen and oxygen atoms in total. The fourth-order valence-electron chi connectivity index (χ4n) is 4.74. The van der Waals surface area contributed by atoms with E-state index in [1.54, 1.807) is 24.0 Å². The number of ether oxygens (including phenoxy) is 3. The van der Waals surface area contributed by atoms with Gasteiger partial charge in [0, 0.05) is 63.7 Å². The van der Waals surface area contributed by atoms with Gasteiger partial charge in [0.15, 0.2) is 0 Å². The van der Waals surface area contributed by atoms with Crippen molar-refractivity contribution >= 4 is 17.8 Å². The van der Waals surface area contributed by atoms with Crippen molar-refractivity contribution in [1.82, 2.24) is 14.4 Å². The normalized spacial score (nSPS) is 17.4. The van der Waals surface area contributed by atoms with Crippen LogP contribution < -0.4 is 15.0 Å². The number of likely N-dealkylation sites (tertiary alicyclic amines) is 1. The number of hydrogen-bond donors (Lipinski definition) is 0. The molecule has 1 aromatic carbocycles. The number of rotatable bonds is 7. The number of carbonyl (C=O) groups is 3. The SMILES string of the molecule is COC(=O)c1c(OCC2CC(=O)N(C)C2)cc(=O)n2c1CCN(C(=O)Cc1ccc(OC)cc1)CC2. The number of hydrogen-bond acceptors (Lipinski definition) is 7. The first-order chi connectivity index (χ1) is 17.3. The van der Waals surface area contributed by atoms with Crippen LogP contribution in [0.15, 0.2) is 35.1 Å². The Bertz CT molecular complexity index is 1210. The lowest BCUT2D eigenvalue weighted by molar-refractivity contribution is -0.130. The molecule has 0 bridgehead atoms. The third-order valence-corrected chi connectivity index (χ3v) is 6.75. The molecule has 1 fully saturated rings. The van der Waals surface area contributed by atoms with E-state index in [-0.39, 0.29) is 54.2 Å². The fourth-order valence-corrected chi connectivity index (χ4v) is 4.74. The molecule has 2 aliphatic heterocycles. The van der Waals surface area contributed by atoms with Crippen molar-refractivity contribution in [1.29, 1.82) is 0 Å². The van der Waals surface area contributed by atoms with Crippen LogP contribution in [-0.2, 0) is 33.7 Å². The molecule has 1 aromatic heterocycles. The number of methoxy groups -OCH3 is 2. The number of pyridine rings is 1. The Balaban J connectivity index is 1.52. The molecular formula is C26H31N3O7. The summed E-state index contributed by atoms with van der Waals surface area (Å²) < 4.78 is 17.6. The minimum Gasteiger partial charge on any atom is -0.497 e. The van der Waals surface area contributed by atoms with E-state index < -0.39 is 5.97 Å². The maximum atomic E-state index is 13.0. The Morgan fingerprint density at radius 1 is 1.06 bits per heavy atom. The summed E-state index contributed by atoms with van der Waals surface area (Å²) in [4.78, 5) is 53.9. The molecule has 0 spiro atoms. The van der Waals surface area contributed by atoms with Gasteiger partial charge in [-0.3, -0.25) is 14.4 Å². The van der Waals surface area contributed by atoms with Crippen molar-refractivity contribution in [3.8, 4) is 11.5 Å². The molecule has 2 aliphatic rings. The van der Waals surface area contributed by atoms with Crippen molar-refractivity contribution in [2.24, 2.45) is 5.92 Å². The van der Waals surface area contributed by atoms with Crippen molar-refractivity contribution in [3.63, 3.8) is 0 Å². The molecule has 36 heavy (non-hydrogen) atoms. The van der Waals surface area contributed by atoms with Crippen molar-refractivity contribution in [3.05, 3.63) is 57.5 Å². The molecule has 2 aromatic rings. The average molecular weight is 498 g/mol. The summed E-state index contributed by atoms with van der Waals surface area (Å²) in [7, 11) is 4.60. The molecule has 3 heterocycles. The second-order valence-corrected chi connectivity index (χ2v) is 9.12. The van der Waals surface area contributed by atoms with Crippen LogP contribution in [0, 0.1) is 5.92 Å². The summed E-state index contributed by atoms with van der Waals surface area (Å²) in [6.07, 6.45) is 0.886. The summed E-state index contributed by atoms with van der Waals surface area (Å²) in [6, 6.07) is 8.62. The molecule has 192 valence electrons. The Morgan fingerprint density at radius 3 is 2.44 bits per heavy atom. The highest BCUT2D eigenvalue weighted by molar-refractivity contribution is 5.93. The summed E-state index contributed by atoms with van der Waals surface area (Å²) >= 11 is 0. The van der Waals surface area contributed by atoms with Gasteiger partial charge < -0.3 is 28.6 Å². The molecule has 0 radical (unpaired) electrons. The molecule has 1 saturated heterocycles. The standard InChI is InChI=1S/C26H31N3O7/c1-27-15-18(13-22(27)30)16-36-21-14-24(32)29-11-10-28(9-8-20(29)25(21)26(33)35-3)23(31)12-17-4-6-19(34-2)7-5-17/h4-7,14,18H,8-13,15-16H2,1-3H3. The van der Waals surface area contributed by atoms with Gasteiger partial charge >= 0.3 is 5.97 Å². The number of carbonyl (C=O) groups excluding carboxylic acids is 3. The predicted octanol–water partition coefficient (Wildman–Crippen LogP) is 1.13. The maximum absolute atomic E-state index is 13.0. The van der Waals surface area contributed by atoms with E-state index in [0.29, 0.717) is 38.2 Å². The summed E-state index contributed by atoms with van der Waals surface area (Å²) in [5.74, 6) is 0.214. The van der Waals surface area contributed by atoms with Crippen molar-refractivity contribution in [2.75, 3.05) is 47.5 Å². The highest BCUT2D eigenvalue weighted by Crippen LogP contribution is 2.26. The molecule has 0 saturated carbocycles. The zero-order valence-electron chi connectivity index (χ0n) is 20.8. The summed E-state index contributed by atoms with van der Waals surface area (Å²) in [6.45, 7) is 1.72. The third kappa shape index (κ3) is 5.37. The van der Waals surface area contributed by atoms with E-state index in [2.05, 4.69) is 0 Å². The van der Waals surface area contributed by atoms with Crippen LogP contribution in [0.25, 0.3) is 0 Å². The van der Waals surface area contributed by atoms with Crippen molar-refractivity contribution < 1.29 is 28.6 Å². The minimum absolute atomic E-state index is 0.0272. The molecule has 2 amide bonds. The number of amides is 2. The Kier molecular flexibility index (Phi) is 7.61. The maximum Gasteiger partial charge on any atom is 0.343 e. The van der Waals surface area contributed by atoms with Crippen LogP contribution in [-0.4, -0.2) is 79.7 Å². The van der Waals surface area contributed by atoms with Crippen LogP contribution in [0.3, 0.4) is 0 Å². The zero-order chi connectivity index (χ0) is 25.8. The first-order valence-corrected chi connectivity index (χ1v) is 11.9. The second kappa shape index (κ2) is 10.8. The van der Waals surface area contributed by atoms with Gasteiger partial charge in [-0.15, -0.1) is 0 Å². The van der Waals surface area contributed by atoms with E-state index in [1.165, 1.54) is 17.7 Å². The van der Waals surface area contributed by atoms with Crippen LogP contribution in [0.5, 0.6) is 11.5 Å². The molecule has 10 heteroatoms. The molecule has 1 unspecified atom stereocenters. The van der Waals surface area contributed by atoms with Crippen LogP contribution in [0.4, 0.5) is 0 Å². The van der Waals surface area contributed by atoms with Crippen LogP contribution in [0.2, 0.25) is 0 Å². The van der Waals surface area contributed by atoms with Gasteiger partial charge in [-0.05, 0) is 17.7 Å². The summed E-state index contributed by atoms with van der Waals surface area (Å²) in [5.41, 5.74) is 1.24. The Hall–Kier alpha value is -3.82. The average Bonchev–Trinajstić information content (AvgIpc) is 3.05. The molecule has 0 N–H and O–H groups in total. The third-order valence-electron chi connectivity index (χ3n) is 6.75. The Morgan fingerprint density at radius 2 is 1.81 bits per heavy atom. The van der Waals surface area contributed by atoms with Gasteiger partial charge in [-0.25, -0.2) is 4.79 Å². The topological polar surface area (TPSA) is 107 Å². The molecule has 4 rings (SSSR count). The highest BCUT2D eigenvalue weighted by Gasteiger charge is 2.30. The largest absolute Gasteiger partial charge is 0.497 e.